The van der Waals surface area contributed by atoms with Crippen molar-refractivity contribution in [3.63, 3.8) is 0 Å². The van der Waals surface area contributed by atoms with Crippen molar-refractivity contribution in [1.82, 2.24) is 15.0 Å². The van der Waals surface area contributed by atoms with E-state index in [1.54, 1.807) is 0 Å². The van der Waals surface area contributed by atoms with Gasteiger partial charge < -0.3 is 15.5 Å². The molecule has 0 radical (unpaired) electrons. The monoisotopic (exact) mass is 301 g/mol. The third kappa shape index (κ3) is 2.58. The Labute approximate surface area is 126 Å². The number of aromatic nitrogens is 3. The molecular formula is C13H15N7O2. The molecule has 1 atom stereocenters. The molecule has 2 aromatic rings. The minimum Gasteiger partial charge on any atom is -0.446 e. The molecule has 0 aromatic carbocycles. The van der Waals surface area contributed by atoms with Crippen LogP contribution in [0.3, 0.4) is 0 Å². The predicted octanol–water partition coefficient (Wildman–Crippen LogP) is 1.97. The minimum atomic E-state index is -0.432. The number of anilines is 1. The van der Waals surface area contributed by atoms with Gasteiger partial charge in [-0.3, -0.25) is 4.79 Å². The van der Waals surface area contributed by atoms with Crippen LogP contribution < -0.4 is 11.1 Å². The van der Waals surface area contributed by atoms with Gasteiger partial charge in [0.1, 0.15) is 18.4 Å². The Hall–Kier alpha value is -2.68. The standard InChI is InChI=1S/C13H15N7O2/c1-6(2)9(14)13-18-8(4-22-13)12(21)19-10-7-3-17-20-11(7)16-5-15-10/h4-6,9H,3,14H2,1-2H3,(H,15,16,19,21). The highest BCUT2D eigenvalue weighted by molar-refractivity contribution is 6.02. The van der Waals surface area contributed by atoms with Gasteiger partial charge in [0.05, 0.1) is 18.2 Å². The molecule has 0 saturated carbocycles. The summed E-state index contributed by atoms with van der Waals surface area (Å²) in [7, 11) is 0. The first kappa shape index (κ1) is 14.3. The molecule has 0 aliphatic carbocycles. The molecule has 22 heavy (non-hydrogen) atoms. The van der Waals surface area contributed by atoms with E-state index >= 15 is 0 Å². The van der Waals surface area contributed by atoms with Gasteiger partial charge in [0.2, 0.25) is 5.89 Å². The molecule has 0 spiro atoms. The molecule has 0 saturated heterocycles. The van der Waals surface area contributed by atoms with Crippen LogP contribution in [0.2, 0.25) is 0 Å². The molecule has 3 heterocycles. The summed E-state index contributed by atoms with van der Waals surface area (Å²) in [5.41, 5.74) is 6.77. The normalized spacial score (nSPS) is 14.2. The first-order valence-electron chi connectivity index (χ1n) is 6.80. The molecule has 9 nitrogen and oxygen atoms in total. The number of azo groups is 1. The summed E-state index contributed by atoms with van der Waals surface area (Å²) >= 11 is 0. The van der Waals surface area contributed by atoms with E-state index in [9.17, 15) is 4.79 Å². The molecule has 1 unspecified atom stereocenters. The number of oxazole rings is 1. The van der Waals surface area contributed by atoms with Gasteiger partial charge in [-0.25, -0.2) is 15.0 Å². The quantitative estimate of drug-likeness (QED) is 0.887. The van der Waals surface area contributed by atoms with Crippen molar-refractivity contribution >= 4 is 17.5 Å². The second-order valence-electron chi connectivity index (χ2n) is 5.22. The molecule has 1 aliphatic heterocycles. The Bertz CT molecular complexity index is 738. The predicted molar refractivity (Wildman–Crippen MR) is 76.5 cm³/mol. The lowest BCUT2D eigenvalue weighted by Gasteiger charge is -2.10. The van der Waals surface area contributed by atoms with Crippen LogP contribution in [0.5, 0.6) is 0 Å². The van der Waals surface area contributed by atoms with Crippen molar-refractivity contribution in [3.8, 4) is 0 Å². The van der Waals surface area contributed by atoms with E-state index in [1.807, 2.05) is 13.8 Å². The van der Waals surface area contributed by atoms with Crippen molar-refractivity contribution in [2.45, 2.75) is 26.4 Å². The Morgan fingerprint density at radius 1 is 1.41 bits per heavy atom. The Morgan fingerprint density at radius 2 is 2.23 bits per heavy atom. The number of nitrogens with one attached hydrogen (secondary N) is 1. The van der Waals surface area contributed by atoms with Crippen LogP contribution in [0.15, 0.2) is 27.2 Å². The summed E-state index contributed by atoms with van der Waals surface area (Å²) in [5.74, 6) is 0.894. The minimum absolute atomic E-state index is 0.144. The summed E-state index contributed by atoms with van der Waals surface area (Å²) in [6.45, 7) is 4.24. The van der Waals surface area contributed by atoms with Crippen molar-refractivity contribution in [1.29, 1.82) is 0 Å². The maximum absolute atomic E-state index is 12.2. The molecule has 9 heteroatoms. The SMILES string of the molecule is CC(C)C(N)c1nc(C(=O)Nc2ncnc3c2CN=N3)co1. The fourth-order valence-corrected chi connectivity index (χ4v) is 1.92. The smallest absolute Gasteiger partial charge is 0.278 e. The molecule has 3 N–H and O–H groups in total. The van der Waals surface area contributed by atoms with E-state index < -0.39 is 5.91 Å². The van der Waals surface area contributed by atoms with Gasteiger partial charge in [-0.2, -0.15) is 5.11 Å². The number of fused-ring (bicyclic) bond motifs is 1. The third-order valence-corrected chi connectivity index (χ3v) is 3.31. The third-order valence-electron chi connectivity index (χ3n) is 3.31. The average Bonchev–Trinajstić information content (AvgIpc) is 3.15. The van der Waals surface area contributed by atoms with E-state index in [2.05, 4.69) is 30.5 Å². The van der Waals surface area contributed by atoms with Gasteiger partial charge in [-0.15, -0.1) is 5.11 Å². The number of amides is 1. The summed E-state index contributed by atoms with van der Waals surface area (Å²) in [5, 5.41) is 10.4. The summed E-state index contributed by atoms with van der Waals surface area (Å²) in [6.07, 6.45) is 2.60. The largest absolute Gasteiger partial charge is 0.446 e. The van der Waals surface area contributed by atoms with Crippen LogP contribution in [0.1, 0.15) is 41.8 Å². The molecular weight excluding hydrogens is 286 g/mol. The summed E-state index contributed by atoms with van der Waals surface area (Å²) < 4.78 is 5.27. The molecule has 0 bridgehead atoms. The number of nitrogens with zero attached hydrogens (tertiary/aromatic N) is 5. The van der Waals surface area contributed by atoms with Crippen LogP contribution in [0.4, 0.5) is 11.6 Å². The first-order chi connectivity index (χ1) is 10.6. The Morgan fingerprint density at radius 3 is 3.00 bits per heavy atom. The van der Waals surface area contributed by atoms with E-state index in [-0.39, 0.29) is 17.7 Å². The zero-order valence-electron chi connectivity index (χ0n) is 12.1. The van der Waals surface area contributed by atoms with Crippen LogP contribution in [-0.4, -0.2) is 20.9 Å². The topological polar surface area (TPSA) is 132 Å². The molecule has 3 rings (SSSR count). The lowest BCUT2D eigenvalue weighted by Crippen LogP contribution is -2.18. The van der Waals surface area contributed by atoms with E-state index in [0.717, 1.165) is 0 Å². The van der Waals surface area contributed by atoms with E-state index in [4.69, 9.17) is 10.2 Å². The molecule has 2 aromatic heterocycles. The van der Waals surface area contributed by atoms with Gasteiger partial charge in [0.25, 0.3) is 5.91 Å². The molecule has 1 aliphatic rings. The number of hydrogen-bond donors (Lipinski definition) is 2. The van der Waals surface area contributed by atoms with Crippen molar-refractivity contribution in [2.24, 2.45) is 21.9 Å². The van der Waals surface area contributed by atoms with Crippen LogP contribution >= 0.6 is 0 Å². The van der Waals surface area contributed by atoms with Crippen molar-refractivity contribution < 1.29 is 9.21 Å². The second-order valence-corrected chi connectivity index (χ2v) is 5.22. The number of rotatable bonds is 4. The van der Waals surface area contributed by atoms with E-state index in [0.29, 0.717) is 29.6 Å². The summed E-state index contributed by atoms with van der Waals surface area (Å²) in [6, 6.07) is -0.359. The van der Waals surface area contributed by atoms with Crippen molar-refractivity contribution in [3.05, 3.63) is 29.7 Å². The zero-order chi connectivity index (χ0) is 15.7. The number of nitrogens with two attached hydrogens (primary N) is 1. The van der Waals surface area contributed by atoms with Crippen LogP contribution in [0, 0.1) is 5.92 Å². The Kier molecular flexibility index (Phi) is 3.63. The highest BCUT2D eigenvalue weighted by Crippen LogP contribution is 2.29. The van der Waals surface area contributed by atoms with Crippen LogP contribution in [0.25, 0.3) is 0 Å². The molecule has 114 valence electrons. The van der Waals surface area contributed by atoms with Crippen molar-refractivity contribution in [2.75, 3.05) is 5.32 Å². The number of carbonyl (C=O) groups is 1. The number of hydrogen-bond acceptors (Lipinski definition) is 8. The highest BCUT2D eigenvalue weighted by atomic mass is 16.3. The Balaban J connectivity index is 1.77. The van der Waals surface area contributed by atoms with Gasteiger partial charge in [-0.1, -0.05) is 13.8 Å². The highest BCUT2D eigenvalue weighted by Gasteiger charge is 2.22. The maximum atomic E-state index is 12.2. The van der Waals surface area contributed by atoms with Gasteiger partial charge in [-0.05, 0) is 5.92 Å². The lowest BCUT2D eigenvalue weighted by molar-refractivity contribution is 0.102. The number of carbonyl (C=O) groups excluding carboxylic acids is 1. The van der Waals surface area contributed by atoms with Gasteiger partial charge in [0, 0.05) is 0 Å². The van der Waals surface area contributed by atoms with Crippen LogP contribution in [-0.2, 0) is 6.54 Å². The molecule has 0 fully saturated rings. The first-order valence-corrected chi connectivity index (χ1v) is 6.80. The van der Waals surface area contributed by atoms with Gasteiger partial charge >= 0.3 is 0 Å². The van der Waals surface area contributed by atoms with E-state index in [1.165, 1.54) is 12.6 Å². The lowest BCUT2D eigenvalue weighted by atomic mass is 10.1. The average molecular weight is 301 g/mol. The maximum Gasteiger partial charge on any atom is 0.278 e. The fourth-order valence-electron chi connectivity index (χ4n) is 1.92. The van der Waals surface area contributed by atoms with Gasteiger partial charge in [0.15, 0.2) is 11.5 Å². The second kappa shape index (κ2) is 5.60. The molecule has 1 amide bonds. The fraction of sp³-hybridized carbons (Fsp3) is 0.385. The zero-order valence-corrected chi connectivity index (χ0v) is 12.1. The summed E-state index contributed by atoms with van der Waals surface area (Å²) in [4.78, 5) is 24.4.